The highest BCUT2D eigenvalue weighted by Gasteiger charge is 2.17. The molecule has 0 aliphatic rings. The molecule has 3 nitrogen and oxygen atoms in total. The van der Waals surface area contributed by atoms with E-state index < -0.39 is 0 Å². The average molecular weight is 284 g/mol. The van der Waals surface area contributed by atoms with E-state index in [9.17, 15) is 4.79 Å². The summed E-state index contributed by atoms with van der Waals surface area (Å²) in [5, 5.41) is 4.24. The van der Waals surface area contributed by atoms with E-state index in [1.807, 2.05) is 32.0 Å². The number of fused-ring (bicyclic) bond motifs is 1. The number of ether oxygens (including phenoxy) is 1. The van der Waals surface area contributed by atoms with E-state index in [0.717, 1.165) is 15.8 Å². The molecule has 0 radical (unpaired) electrons. The molecule has 1 aromatic carbocycles. The molecule has 0 fully saturated rings. The number of benzene rings is 1. The van der Waals surface area contributed by atoms with Gasteiger partial charge in [-0.05, 0) is 32.0 Å². The number of methoxy groups -OCH3 is 1. The maximum atomic E-state index is 12.0. The molecule has 1 N–H and O–H groups in total. The highest BCUT2D eigenvalue weighted by atomic mass is 35.5. The van der Waals surface area contributed by atoms with Crippen molar-refractivity contribution in [1.29, 1.82) is 0 Å². The molecule has 96 valence electrons. The molecule has 5 heteroatoms. The summed E-state index contributed by atoms with van der Waals surface area (Å²) in [5.74, 6) is 0.631. The summed E-state index contributed by atoms with van der Waals surface area (Å²) >= 11 is 7.62. The van der Waals surface area contributed by atoms with Crippen LogP contribution in [0.1, 0.15) is 23.5 Å². The predicted molar refractivity (Wildman–Crippen MR) is 76.0 cm³/mol. The standard InChI is InChI=1S/C13H14ClNO2S/c1-7(2)15-13(16)12-11(14)9-5-4-8(17-3)6-10(9)18-12/h4-7H,1-3H3,(H,15,16). The summed E-state index contributed by atoms with van der Waals surface area (Å²) in [6, 6.07) is 5.69. The highest BCUT2D eigenvalue weighted by molar-refractivity contribution is 7.21. The Balaban J connectivity index is 2.46. The number of thiophene rings is 1. The van der Waals surface area contributed by atoms with Gasteiger partial charge in [0.25, 0.3) is 5.91 Å². The van der Waals surface area contributed by atoms with E-state index in [1.165, 1.54) is 11.3 Å². The number of halogens is 1. The first-order valence-electron chi connectivity index (χ1n) is 5.60. The molecule has 1 amide bonds. The number of hydrogen-bond donors (Lipinski definition) is 1. The van der Waals surface area contributed by atoms with Crippen LogP contribution >= 0.6 is 22.9 Å². The van der Waals surface area contributed by atoms with Gasteiger partial charge in [0.1, 0.15) is 10.6 Å². The second-order valence-corrected chi connectivity index (χ2v) is 5.67. The minimum Gasteiger partial charge on any atom is -0.497 e. The summed E-state index contributed by atoms with van der Waals surface area (Å²) < 4.78 is 6.11. The van der Waals surface area contributed by atoms with E-state index in [-0.39, 0.29) is 11.9 Å². The van der Waals surface area contributed by atoms with Crippen molar-refractivity contribution >= 4 is 38.9 Å². The smallest absolute Gasteiger partial charge is 0.263 e. The molecule has 0 spiro atoms. The third-order valence-electron chi connectivity index (χ3n) is 2.46. The molecule has 1 heterocycles. The normalized spacial score (nSPS) is 10.9. The van der Waals surface area contributed by atoms with E-state index in [4.69, 9.17) is 16.3 Å². The third-order valence-corrected chi connectivity index (χ3v) is 4.12. The fraction of sp³-hybridized carbons (Fsp3) is 0.308. The minimum absolute atomic E-state index is 0.0910. The highest BCUT2D eigenvalue weighted by Crippen LogP contribution is 2.37. The van der Waals surface area contributed by atoms with Gasteiger partial charge in [-0.2, -0.15) is 0 Å². The summed E-state index contributed by atoms with van der Waals surface area (Å²) in [4.78, 5) is 12.5. The van der Waals surface area contributed by atoms with Gasteiger partial charge in [-0.1, -0.05) is 11.6 Å². The maximum absolute atomic E-state index is 12.0. The molecule has 0 atom stereocenters. The van der Waals surface area contributed by atoms with E-state index in [2.05, 4.69) is 5.32 Å². The number of carbonyl (C=O) groups is 1. The lowest BCUT2D eigenvalue weighted by molar-refractivity contribution is 0.0947. The van der Waals surface area contributed by atoms with Crippen molar-refractivity contribution < 1.29 is 9.53 Å². The van der Waals surface area contributed by atoms with Crippen LogP contribution in [0.3, 0.4) is 0 Å². The zero-order valence-electron chi connectivity index (χ0n) is 10.4. The number of nitrogens with one attached hydrogen (secondary N) is 1. The Morgan fingerprint density at radius 1 is 1.44 bits per heavy atom. The van der Waals surface area contributed by atoms with Crippen molar-refractivity contribution in [2.45, 2.75) is 19.9 Å². The van der Waals surface area contributed by atoms with Crippen LogP contribution in [-0.2, 0) is 0 Å². The molecule has 18 heavy (non-hydrogen) atoms. The number of amides is 1. The topological polar surface area (TPSA) is 38.3 Å². The van der Waals surface area contributed by atoms with Crippen molar-refractivity contribution in [2.24, 2.45) is 0 Å². The van der Waals surface area contributed by atoms with Crippen LogP contribution in [-0.4, -0.2) is 19.1 Å². The number of rotatable bonds is 3. The van der Waals surface area contributed by atoms with Crippen molar-refractivity contribution in [3.05, 3.63) is 28.1 Å². The second kappa shape index (κ2) is 5.16. The Morgan fingerprint density at radius 2 is 2.17 bits per heavy atom. The average Bonchev–Trinajstić information content (AvgIpc) is 2.65. The van der Waals surface area contributed by atoms with Crippen LogP contribution < -0.4 is 10.1 Å². The fourth-order valence-corrected chi connectivity index (χ4v) is 3.09. The molecule has 0 aliphatic carbocycles. The number of hydrogen-bond acceptors (Lipinski definition) is 3. The SMILES string of the molecule is COc1ccc2c(Cl)c(C(=O)NC(C)C)sc2c1. The fourth-order valence-electron chi connectivity index (χ4n) is 1.65. The summed E-state index contributed by atoms with van der Waals surface area (Å²) in [7, 11) is 1.61. The van der Waals surface area contributed by atoms with E-state index in [0.29, 0.717) is 9.90 Å². The van der Waals surface area contributed by atoms with Crippen LogP contribution in [0.15, 0.2) is 18.2 Å². The largest absolute Gasteiger partial charge is 0.497 e. The van der Waals surface area contributed by atoms with Gasteiger partial charge >= 0.3 is 0 Å². The van der Waals surface area contributed by atoms with Crippen molar-refractivity contribution in [2.75, 3.05) is 7.11 Å². The summed E-state index contributed by atoms with van der Waals surface area (Å²) in [6.45, 7) is 3.84. The van der Waals surface area contributed by atoms with E-state index >= 15 is 0 Å². The van der Waals surface area contributed by atoms with E-state index in [1.54, 1.807) is 7.11 Å². The van der Waals surface area contributed by atoms with Crippen LogP contribution in [0, 0.1) is 0 Å². The summed E-state index contributed by atoms with van der Waals surface area (Å²) in [6.07, 6.45) is 0. The van der Waals surface area contributed by atoms with Crippen molar-refractivity contribution in [1.82, 2.24) is 5.32 Å². The molecule has 1 aromatic heterocycles. The number of carbonyl (C=O) groups excluding carboxylic acids is 1. The molecule has 2 aromatic rings. The lowest BCUT2D eigenvalue weighted by atomic mass is 10.2. The Hall–Kier alpha value is -1.26. The van der Waals surface area contributed by atoms with Crippen LogP contribution in [0.4, 0.5) is 0 Å². The van der Waals surface area contributed by atoms with Crippen LogP contribution in [0.2, 0.25) is 5.02 Å². The van der Waals surface area contributed by atoms with Gasteiger partial charge in [0.05, 0.1) is 12.1 Å². The van der Waals surface area contributed by atoms with Crippen molar-refractivity contribution in [3.63, 3.8) is 0 Å². The monoisotopic (exact) mass is 283 g/mol. The van der Waals surface area contributed by atoms with Crippen molar-refractivity contribution in [3.8, 4) is 5.75 Å². The predicted octanol–water partition coefficient (Wildman–Crippen LogP) is 3.70. The molecule has 2 rings (SSSR count). The lowest BCUT2D eigenvalue weighted by Crippen LogP contribution is -2.29. The molecule has 0 unspecified atom stereocenters. The lowest BCUT2D eigenvalue weighted by Gasteiger charge is -2.06. The molecular formula is C13H14ClNO2S. The second-order valence-electron chi connectivity index (χ2n) is 4.24. The van der Waals surface area contributed by atoms with Gasteiger partial charge in [0.15, 0.2) is 0 Å². The maximum Gasteiger partial charge on any atom is 0.263 e. The van der Waals surface area contributed by atoms with Gasteiger partial charge in [-0.15, -0.1) is 11.3 Å². The first-order valence-corrected chi connectivity index (χ1v) is 6.79. The molecule has 0 saturated carbocycles. The van der Waals surface area contributed by atoms with Gasteiger partial charge < -0.3 is 10.1 Å². The summed E-state index contributed by atoms with van der Waals surface area (Å²) in [5.41, 5.74) is 0. The minimum atomic E-state index is -0.129. The van der Waals surface area contributed by atoms with Gasteiger partial charge in [-0.3, -0.25) is 4.79 Å². The molecule has 0 bridgehead atoms. The van der Waals surface area contributed by atoms with Gasteiger partial charge in [0, 0.05) is 16.1 Å². The van der Waals surface area contributed by atoms with Gasteiger partial charge in [-0.25, -0.2) is 0 Å². The Morgan fingerprint density at radius 3 is 2.78 bits per heavy atom. The van der Waals surface area contributed by atoms with Crippen LogP contribution in [0.5, 0.6) is 5.75 Å². The first kappa shape index (κ1) is 13.2. The Kier molecular flexibility index (Phi) is 3.78. The Bertz CT molecular complexity index is 592. The molecular weight excluding hydrogens is 270 g/mol. The van der Waals surface area contributed by atoms with Gasteiger partial charge in [0.2, 0.25) is 0 Å². The third kappa shape index (κ3) is 2.44. The van der Waals surface area contributed by atoms with Crippen LogP contribution in [0.25, 0.3) is 10.1 Å². The molecule has 0 saturated heterocycles. The first-order chi connectivity index (χ1) is 8.52. The zero-order valence-corrected chi connectivity index (χ0v) is 12.0. The Labute approximate surface area is 115 Å². The zero-order chi connectivity index (χ0) is 13.3. The quantitative estimate of drug-likeness (QED) is 0.933. The molecule has 0 aliphatic heterocycles.